The average Bonchev–Trinajstić information content (AvgIpc) is 2.78. The van der Waals surface area contributed by atoms with Crippen molar-refractivity contribution in [2.45, 2.75) is 14.4 Å². The van der Waals surface area contributed by atoms with Crippen LogP contribution < -0.4 is 5.73 Å². The molecule has 90 valence electrons. The number of aromatic nitrogens is 3. The maximum absolute atomic E-state index is 6.03. The molecule has 0 aromatic carbocycles. The lowest BCUT2D eigenvalue weighted by Crippen LogP contribution is -1.94. The minimum absolute atomic E-state index is 0.479. The van der Waals surface area contributed by atoms with Gasteiger partial charge < -0.3 is 5.73 Å². The van der Waals surface area contributed by atoms with E-state index >= 15 is 0 Å². The van der Waals surface area contributed by atoms with E-state index in [4.69, 9.17) is 17.3 Å². The van der Waals surface area contributed by atoms with Crippen molar-refractivity contribution in [2.24, 2.45) is 0 Å². The Morgan fingerprint density at radius 2 is 2.12 bits per heavy atom. The number of hydrogen-bond donors (Lipinski definition) is 1. The van der Waals surface area contributed by atoms with Crippen molar-refractivity contribution in [1.29, 1.82) is 0 Å². The molecule has 0 saturated carbocycles. The molecule has 0 fully saturated rings. The summed E-state index contributed by atoms with van der Waals surface area (Å²) in [7, 11) is 0. The van der Waals surface area contributed by atoms with Gasteiger partial charge in [-0.05, 0) is 18.4 Å². The molecule has 0 unspecified atom stereocenters. The largest absolute Gasteiger partial charge is 0.384 e. The van der Waals surface area contributed by atoms with E-state index in [-0.39, 0.29) is 0 Å². The van der Waals surface area contributed by atoms with Gasteiger partial charge in [0.15, 0.2) is 8.68 Å². The van der Waals surface area contributed by atoms with E-state index in [9.17, 15) is 0 Å². The summed E-state index contributed by atoms with van der Waals surface area (Å²) < 4.78 is 1.87. The fraction of sp³-hybridized carbons (Fsp3) is 0.222. The van der Waals surface area contributed by atoms with Crippen LogP contribution in [0.25, 0.3) is 0 Å². The number of hydrogen-bond acceptors (Lipinski definition) is 7. The fourth-order valence-electron chi connectivity index (χ4n) is 1.07. The van der Waals surface area contributed by atoms with Gasteiger partial charge >= 0.3 is 0 Å². The van der Waals surface area contributed by atoms with Crippen molar-refractivity contribution in [3.63, 3.8) is 0 Å². The molecule has 0 radical (unpaired) electrons. The summed E-state index contributed by atoms with van der Waals surface area (Å²) in [6.45, 7) is 0. The van der Waals surface area contributed by atoms with E-state index in [1.54, 1.807) is 47.0 Å². The second-order valence-corrected chi connectivity index (χ2v) is 6.65. The van der Waals surface area contributed by atoms with Crippen LogP contribution in [-0.2, 0) is 5.75 Å². The third-order valence-electron chi connectivity index (χ3n) is 1.84. The molecule has 4 nitrogen and oxygen atoms in total. The molecule has 0 saturated heterocycles. The molecule has 0 aliphatic rings. The van der Waals surface area contributed by atoms with Crippen LogP contribution in [0.5, 0.6) is 0 Å². The van der Waals surface area contributed by atoms with Gasteiger partial charge in [-0.15, -0.1) is 10.2 Å². The van der Waals surface area contributed by atoms with Crippen LogP contribution in [0.3, 0.4) is 0 Å². The third-order valence-corrected chi connectivity index (χ3v) is 5.22. The van der Waals surface area contributed by atoms with E-state index in [0.29, 0.717) is 16.6 Å². The molecule has 2 heterocycles. The van der Waals surface area contributed by atoms with E-state index in [2.05, 4.69) is 15.2 Å². The van der Waals surface area contributed by atoms with Crippen LogP contribution in [0.1, 0.15) is 5.69 Å². The molecule has 8 heteroatoms. The summed E-state index contributed by atoms with van der Waals surface area (Å²) in [4.78, 5) is 4.19. The van der Waals surface area contributed by atoms with Crippen molar-refractivity contribution in [1.82, 2.24) is 15.2 Å². The van der Waals surface area contributed by atoms with Gasteiger partial charge in [0.2, 0.25) is 0 Å². The normalized spacial score (nSPS) is 10.7. The molecule has 0 aliphatic heterocycles. The number of halogens is 1. The summed E-state index contributed by atoms with van der Waals surface area (Å²) in [5.74, 6) is 1.12. The van der Waals surface area contributed by atoms with Crippen LogP contribution in [0, 0.1) is 0 Å². The minimum Gasteiger partial charge on any atom is -0.384 e. The lowest BCUT2D eigenvalue weighted by molar-refractivity contribution is 0.955. The summed E-state index contributed by atoms with van der Waals surface area (Å²) in [6, 6.07) is 3.44. The molecule has 0 aliphatic carbocycles. The summed E-state index contributed by atoms with van der Waals surface area (Å²) >= 11 is 10.7. The Morgan fingerprint density at radius 3 is 2.82 bits per heavy atom. The predicted octanol–water partition coefficient (Wildman–Crippen LogP) is 3.18. The molecule has 0 atom stereocenters. The van der Waals surface area contributed by atoms with Gasteiger partial charge in [-0.2, -0.15) is 0 Å². The van der Waals surface area contributed by atoms with E-state index in [1.807, 2.05) is 6.26 Å². The number of nitrogens with two attached hydrogens (primary N) is 1. The van der Waals surface area contributed by atoms with Crippen molar-refractivity contribution in [3.8, 4) is 0 Å². The summed E-state index contributed by atoms with van der Waals surface area (Å²) in [5.41, 5.74) is 6.39. The predicted molar refractivity (Wildman–Crippen MR) is 74.9 cm³/mol. The van der Waals surface area contributed by atoms with Crippen LogP contribution >= 0.6 is 46.5 Å². The second-order valence-electron chi connectivity index (χ2n) is 2.99. The SMILES string of the molecule is CSc1nnc(SCc2nc(N)ccc2Cl)s1. The van der Waals surface area contributed by atoms with Crippen LogP contribution in [0.15, 0.2) is 20.8 Å². The molecular formula is C9H9ClN4S3. The number of rotatable bonds is 4. The molecule has 2 aromatic heterocycles. The summed E-state index contributed by atoms with van der Waals surface area (Å²) in [6.07, 6.45) is 1.98. The number of thioether (sulfide) groups is 2. The zero-order chi connectivity index (χ0) is 12.3. The standard InChI is InChI=1S/C9H9ClN4S3/c1-15-8-13-14-9(17-8)16-4-6-5(10)2-3-7(11)12-6/h2-3H,4H2,1H3,(H2,11,12). The third kappa shape index (κ3) is 3.48. The number of anilines is 1. The lowest BCUT2D eigenvalue weighted by Gasteiger charge is -2.02. The number of nitrogen functional groups attached to an aromatic ring is 1. The Kier molecular flexibility index (Phi) is 4.49. The van der Waals surface area contributed by atoms with Gasteiger partial charge in [0.1, 0.15) is 5.82 Å². The first-order valence-corrected chi connectivity index (χ1v) is 8.00. The number of nitrogens with zero attached hydrogens (tertiary/aromatic N) is 3. The highest BCUT2D eigenvalue weighted by molar-refractivity contribution is 8.02. The van der Waals surface area contributed by atoms with Gasteiger partial charge in [-0.1, -0.05) is 46.5 Å². The topological polar surface area (TPSA) is 64.7 Å². The summed E-state index contributed by atoms with van der Waals surface area (Å²) in [5, 5.41) is 8.71. The molecule has 2 N–H and O–H groups in total. The monoisotopic (exact) mass is 304 g/mol. The van der Waals surface area contributed by atoms with E-state index in [1.165, 1.54) is 0 Å². The number of pyridine rings is 1. The van der Waals surface area contributed by atoms with Crippen LogP contribution in [0.2, 0.25) is 5.02 Å². The first kappa shape index (κ1) is 12.9. The Balaban J connectivity index is 2.04. The minimum atomic E-state index is 0.479. The van der Waals surface area contributed by atoms with Crippen molar-refractivity contribution >= 4 is 52.3 Å². The van der Waals surface area contributed by atoms with Crippen molar-refractivity contribution in [3.05, 3.63) is 22.8 Å². The molecule has 2 rings (SSSR count). The molecule has 0 bridgehead atoms. The maximum atomic E-state index is 6.03. The molecule has 0 spiro atoms. The Morgan fingerprint density at radius 1 is 1.35 bits per heavy atom. The molecule has 2 aromatic rings. The Hall–Kier alpha value is -0.500. The Labute approximate surface area is 116 Å². The van der Waals surface area contributed by atoms with Gasteiger partial charge in [0, 0.05) is 5.75 Å². The van der Waals surface area contributed by atoms with Crippen LogP contribution in [0.4, 0.5) is 5.82 Å². The quantitative estimate of drug-likeness (QED) is 0.875. The zero-order valence-corrected chi connectivity index (χ0v) is 12.1. The maximum Gasteiger partial charge on any atom is 0.175 e. The molecular weight excluding hydrogens is 296 g/mol. The molecule has 0 amide bonds. The van der Waals surface area contributed by atoms with Crippen molar-refractivity contribution in [2.75, 3.05) is 12.0 Å². The van der Waals surface area contributed by atoms with Gasteiger partial charge in [-0.3, -0.25) is 0 Å². The second kappa shape index (κ2) is 5.90. The zero-order valence-electron chi connectivity index (χ0n) is 8.88. The highest BCUT2D eigenvalue weighted by Crippen LogP contribution is 2.30. The van der Waals surface area contributed by atoms with Crippen molar-refractivity contribution < 1.29 is 0 Å². The average molecular weight is 305 g/mol. The van der Waals surface area contributed by atoms with Gasteiger partial charge in [-0.25, -0.2) is 4.98 Å². The smallest absolute Gasteiger partial charge is 0.175 e. The molecule has 17 heavy (non-hydrogen) atoms. The Bertz CT molecular complexity index is 517. The van der Waals surface area contributed by atoms with Gasteiger partial charge in [0.25, 0.3) is 0 Å². The van der Waals surface area contributed by atoms with E-state index < -0.39 is 0 Å². The fourth-order valence-corrected chi connectivity index (χ4v) is 3.71. The van der Waals surface area contributed by atoms with E-state index in [0.717, 1.165) is 14.4 Å². The first-order valence-electron chi connectivity index (χ1n) is 4.60. The van der Waals surface area contributed by atoms with Gasteiger partial charge in [0.05, 0.1) is 10.7 Å². The highest BCUT2D eigenvalue weighted by atomic mass is 35.5. The van der Waals surface area contributed by atoms with Crippen LogP contribution in [-0.4, -0.2) is 21.4 Å². The first-order chi connectivity index (χ1) is 8.19. The lowest BCUT2D eigenvalue weighted by atomic mass is 10.4. The highest BCUT2D eigenvalue weighted by Gasteiger charge is 2.07.